The SMILES string of the molecule is Cc1ccncc1-c1cc(CN)c2c(c1)CCO2. The molecule has 0 saturated heterocycles. The minimum absolute atomic E-state index is 0.509. The van der Waals surface area contributed by atoms with Gasteiger partial charge in [-0.25, -0.2) is 0 Å². The van der Waals surface area contributed by atoms with E-state index in [2.05, 4.69) is 24.0 Å². The molecule has 0 saturated carbocycles. The fourth-order valence-corrected chi connectivity index (χ4v) is 2.46. The zero-order valence-electron chi connectivity index (χ0n) is 10.4. The summed E-state index contributed by atoms with van der Waals surface area (Å²) in [6.45, 7) is 3.37. The maximum Gasteiger partial charge on any atom is 0.127 e. The highest BCUT2D eigenvalue weighted by atomic mass is 16.5. The van der Waals surface area contributed by atoms with Gasteiger partial charge >= 0.3 is 0 Å². The van der Waals surface area contributed by atoms with Crippen molar-refractivity contribution in [2.75, 3.05) is 6.61 Å². The number of rotatable bonds is 2. The molecule has 92 valence electrons. The van der Waals surface area contributed by atoms with Gasteiger partial charge in [0.1, 0.15) is 5.75 Å². The van der Waals surface area contributed by atoms with Gasteiger partial charge in [-0.2, -0.15) is 0 Å². The molecule has 0 radical (unpaired) electrons. The summed E-state index contributed by atoms with van der Waals surface area (Å²) >= 11 is 0. The molecule has 0 amide bonds. The van der Waals surface area contributed by atoms with Crippen LogP contribution in [-0.2, 0) is 13.0 Å². The van der Waals surface area contributed by atoms with Crippen LogP contribution in [0, 0.1) is 6.92 Å². The van der Waals surface area contributed by atoms with Gasteiger partial charge in [0.05, 0.1) is 6.61 Å². The van der Waals surface area contributed by atoms with Crippen molar-refractivity contribution < 1.29 is 4.74 Å². The molecule has 2 N–H and O–H groups in total. The molecule has 3 nitrogen and oxygen atoms in total. The molecule has 1 aliphatic rings. The highest BCUT2D eigenvalue weighted by molar-refractivity contribution is 5.70. The van der Waals surface area contributed by atoms with Gasteiger partial charge in [0.15, 0.2) is 0 Å². The molecule has 0 fully saturated rings. The Bertz CT molecular complexity index is 593. The number of benzene rings is 1. The third-order valence-corrected chi connectivity index (χ3v) is 3.43. The number of nitrogens with two attached hydrogens (primary N) is 1. The van der Waals surface area contributed by atoms with E-state index in [1.165, 1.54) is 22.3 Å². The monoisotopic (exact) mass is 240 g/mol. The smallest absolute Gasteiger partial charge is 0.127 e. The van der Waals surface area contributed by atoms with E-state index in [0.717, 1.165) is 24.3 Å². The number of hydrogen-bond donors (Lipinski definition) is 1. The summed E-state index contributed by atoms with van der Waals surface area (Å²) in [5.74, 6) is 0.989. The average Bonchev–Trinajstić information content (AvgIpc) is 2.86. The Balaban J connectivity index is 2.17. The molecule has 2 heterocycles. The number of aryl methyl sites for hydroxylation is 1. The predicted molar refractivity (Wildman–Crippen MR) is 71.5 cm³/mol. The summed E-state index contributed by atoms with van der Waals surface area (Å²) in [7, 11) is 0. The van der Waals surface area contributed by atoms with Gasteiger partial charge in [0.2, 0.25) is 0 Å². The molecule has 1 aromatic heterocycles. The van der Waals surface area contributed by atoms with Crippen LogP contribution >= 0.6 is 0 Å². The van der Waals surface area contributed by atoms with E-state index in [0.29, 0.717) is 6.54 Å². The molecule has 0 unspecified atom stereocenters. The number of nitrogens with zero attached hydrogens (tertiary/aromatic N) is 1. The number of pyridine rings is 1. The van der Waals surface area contributed by atoms with Crippen molar-refractivity contribution in [2.24, 2.45) is 5.73 Å². The zero-order chi connectivity index (χ0) is 12.5. The van der Waals surface area contributed by atoms with Gasteiger partial charge in [0, 0.05) is 36.5 Å². The molecule has 0 atom stereocenters. The van der Waals surface area contributed by atoms with E-state index < -0.39 is 0 Å². The van der Waals surface area contributed by atoms with Crippen LogP contribution in [0.15, 0.2) is 30.6 Å². The minimum Gasteiger partial charge on any atom is -0.493 e. The fraction of sp³-hybridized carbons (Fsp3) is 0.267. The van der Waals surface area contributed by atoms with Crippen LogP contribution in [0.25, 0.3) is 11.1 Å². The van der Waals surface area contributed by atoms with Crippen molar-refractivity contribution in [1.29, 1.82) is 0 Å². The van der Waals surface area contributed by atoms with Crippen molar-refractivity contribution in [3.63, 3.8) is 0 Å². The Morgan fingerprint density at radius 1 is 1.39 bits per heavy atom. The van der Waals surface area contributed by atoms with Gasteiger partial charge < -0.3 is 10.5 Å². The van der Waals surface area contributed by atoms with Crippen molar-refractivity contribution in [2.45, 2.75) is 19.9 Å². The van der Waals surface area contributed by atoms with E-state index in [4.69, 9.17) is 10.5 Å². The third kappa shape index (κ3) is 1.77. The number of aromatic nitrogens is 1. The third-order valence-electron chi connectivity index (χ3n) is 3.43. The molecule has 1 aliphatic heterocycles. The Hall–Kier alpha value is -1.87. The van der Waals surface area contributed by atoms with Crippen LogP contribution in [0.3, 0.4) is 0 Å². The Kier molecular flexibility index (Phi) is 2.76. The molecule has 0 spiro atoms. The lowest BCUT2D eigenvalue weighted by Gasteiger charge is -2.11. The standard InChI is InChI=1S/C15H16N2O/c1-10-2-4-17-9-14(10)12-6-11-3-5-18-15(11)13(7-12)8-16/h2,4,6-7,9H,3,5,8,16H2,1H3. The van der Waals surface area contributed by atoms with Crippen LogP contribution in [0.2, 0.25) is 0 Å². The van der Waals surface area contributed by atoms with Crippen molar-refractivity contribution in [3.8, 4) is 16.9 Å². The Morgan fingerprint density at radius 3 is 3.06 bits per heavy atom. The number of hydrogen-bond acceptors (Lipinski definition) is 3. The van der Waals surface area contributed by atoms with Crippen LogP contribution < -0.4 is 10.5 Å². The highest BCUT2D eigenvalue weighted by Crippen LogP contribution is 2.35. The van der Waals surface area contributed by atoms with Crippen LogP contribution in [0.4, 0.5) is 0 Å². The largest absolute Gasteiger partial charge is 0.493 e. The average molecular weight is 240 g/mol. The lowest BCUT2D eigenvalue weighted by Crippen LogP contribution is -2.00. The van der Waals surface area contributed by atoms with E-state index >= 15 is 0 Å². The highest BCUT2D eigenvalue weighted by Gasteiger charge is 2.18. The first-order valence-electron chi connectivity index (χ1n) is 6.19. The maximum atomic E-state index is 5.81. The summed E-state index contributed by atoms with van der Waals surface area (Å²) < 4.78 is 5.65. The molecule has 2 aromatic rings. The lowest BCUT2D eigenvalue weighted by molar-refractivity contribution is 0.353. The van der Waals surface area contributed by atoms with Gasteiger partial charge in [-0.05, 0) is 41.8 Å². The second kappa shape index (κ2) is 4.42. The van der Waals surface area contributed by atoms with Crippen LogP contribution in [-0.4, -0.2) is 11.6 Å². The number of fused-ring (bicyclic) bond motifs is 1. The molecule has 1 aromatic carbocycles. The second-order valence-electron chi connectivity index (χ2n) is 4.62. The van der Waals surface area contributed by atoms with Gasteiger partial charge in [-0.1, -0.05) is 0 Å². The lowest BCUT2D eigenvalue weighted by atomic mass is 9.97. The molecular formula is C15H16N2O. The van der Waals surface area contributed by atoms with E-state index in [1.807, 2.05) is 18.5 Å². The quantitative estimate of drug-likeness (QED) is 0.877. The molecule has 18 heavy (non-hydrogen) atoms. The molecule has 0 aliphatic carbocycles. The zero-order valence-corrected chi connectivity index (χ0v) is 10.4. The molecule has 3 heteroatoms. The first-order valence-corrected chi connectivity index (χ1v) is 6.19. The normalized spacial score (nSPS) is 13.2. The summed E-state index contributed by atoms with van der Waals surface area (Å²) in [6, 6.07) is 6.35. The molecule has 0 bridgehead atoms. The number of ether oxygens (including phenoxy) is 1. The van der Waals surface area contributed by atoms with Gasteiger partial charge in [0.25, 0.3) is 0 Å². The van der Waals surface area contributed by atoms with Crippen molar-refractivity contribution >= 4 is 0 Å². The van der Waals surface area contributed by atoms with Gasteiger partial charge in [-0.3, -0.25) is 4.98 Å². The first-order chi connectivity index (χ1) is 8.79. The topological polar surface area (TPSA) is 48.1 Å². The fourth-order valence-electron chi connectivity index (χ4n) is 2.46. The van der Waals surface area contributed by atoms with Crippen molar-refractivity contribution in [3.05, 3.63) is 47.3 Å². The predicted octanol–water partition coefficient (Wildman–Crippen LogP) is 2.45. The summed E-state index contributed by atoms with van der Waals surface area (Å²) in [4.78, 5) is 4.21. The van der Waals surface area contributed by atoms with Crippen LogP contribution in [0.5, 0.6) is 5.75 Å². The molecule has 3 rings (SSSR count). The maximum absolute atomic E-state index is 5.81. The minimum atomic E-state index is 0.509. The Labute approximate surface area is 107 Å². The van der Waals surface area contributed by atoms with Crippen LogP contribution in [0.1, 0.15) is 16.7 Å². The first kappa shape index (κ1) is 11.2. The van der Waals surface area contributed by atoms with Gasteiger partial charge in [-0.15, -0.1) is 0 Å². The van der Waals surface area contributed by atoms with E-state index in [-0.39, 0.29) is 0 Å². The van der Waals surface area contributed by atoms with E-state index in [1.54, 1.807) is 0 Å². The van der Waals surface area contributed by atoms with E-state index in [9.17, 15) is 0 Å². The summed E-state index contributed by atoms with van der Waals surface area (Å²) in [6.07, 6.45) is 4.70. The Morgan fingerprint density at radius 2 is 2.28 bits per heavy atom. The second-order valence-corrected chi connectivity index (χ2v) is 4.62. The molecular weight excluding hydrogens is 224 g/mol. The summed E-state index contributed by atoms with van der Waals surface area (Å²) in [5, 5.41) is 0. The van der Waals surface area contributed by atoms with Crippen molar-refractivity contribution in [1.82, 2.24) is 4.98 Å². The summed E-state index contributed by atoms with van der Waals surface area (Å²) in [5.41, 5.74) is 11.7.